The van der Waals surface area contributed by atoms with Crippen molar-refractivity contribution in [1.29, 1.82) is 0 Å². The zero-order valence-corrected chi connectivity index (χ0v) is 13.5. The molecule has 2 rings (SSSR count). The van der Waals surface area contributed by atoms with Crippen molar-refractivity contribution in [1.82, 2.24) is 10.6 Å². The molecule has 2 aromatic carbocycles. The molecule has 6 heteroatoms. The zero-order chi connectivity index (χ0) is 17.4. The van der Waals surface area contributed by atoms with Gasteiger partial charge in [-0.25, -0.2) is 4.79 Å². The number of methoxy groups -OCH3 is 1. The van der Waals surface area contributed by atoms with Crippen molar-refractivity contribution in [2.24, 2.45) is 5.73 Å². The van der Waals surface area contributed by atoms with Crippen molar-refractivity contribution < 1.29 is 14.3 Å². The van der Waals surface area contributed by atoms with Crippen molar-refractivity contribution in [2.75, 3.05) is 13.7 Å². The van der Waals surface area contributed by atoms with Crippen molar-refractivity contribution >= 4 is 11.9 Å². The second-order valence-electron chi connectivity index (χ2n) is 5.21. The van der Waals surface area contributed by atoms with E-state index in [1.165, 1.54) is 0 Å². The lowest BCUT2D eigenvalue weighted by molar-refractivity contribution is -0.122. The molecule has 4 N–H and O–H groups in total. The fraction of sp³-hybridized carbons (Fsp3) is 0.222. The molecule has 0 aromatic heterocycles. The smallest absolute Gasteiger partial charge is 0.318 e. The maximum absolute atomic E-state index is 12.2. The van der Waals surface area contributed by atoms with Crippen LogP contribution in [0, 0.1) is 0 Å². The minimum Gasteiger partial charge on any atom is -0.496 e. The summed E-state index contributed by atoms with van der Waals surface area (Å²) < 4.78 is 5.32. The molecule has 6 nitrogen and oxygen atoms in total. The lowest BCUT2D eigenvalue weighted by Crippen LogP contribution is -2.43. The molecule has 0 fully saturated rings. The minimum absolute atomic E-state index is 0.478. The van der Waals surface area contributed by atoms with Gasteiger partial charge in [-0.05, 0) is 23.6 Å². The third-order valence-corrected chi connectivity index (χ3v) is 3.58. The van der Waals surface area contributed by atoms with E-state index in [-0.39, 0.29) is 0 Å². The third-order valence-electron chi connectivity index (χ3n) is 3.58. The molecule has 1 atom stereocenters. The summed E-state index contributed by atoms with van der Waals surface area (Å²) in [5.74, 6) is 0.325. The lowest BCUT2D eigenvalue weighted by Gasteiger charge is -2.18. The van der Waals surface area contributed by atoms with E-state index >= 15 is 0 Å². The number of rotatable bonds is 7. The van der Waals surface area contributed by atoms with E-state index in [1.807, 2.05) is 54.6 Å². The van der Waals surface area contributed by atoms with Crippen LogP contribution >= 0.6 is 0 Å². The fourth-order valence-electron chi connectivity index (χ4n) is 2.46. The molecule has 2 aromatic rings. The Morgan fingerprint density at radius 1 is 1.08 bits per heavy atom. The number of hydrogen-bond acceptors (Lipinski definition) is 4. The van der Waals surface area contributed by atoms with E-state index < -0.39 is 18.0 Å². The zero-order valence-electron chi connectivity index (χ0n) is 13.5. The molecule has 126 valence electrons. The third kappa shape index (κ3) is 4.82. The SMILES string of the molecule is COc1ccccc1CCN[C@@H](C(=O)NC(N)=O)c1ccccc1. The van der Waals surface area contributed by atoms with Crippen LogP contribution in [-0.4, -0.2) is 25.6 Å². The van der Waals surface area contributed by atoms with Gasteiger partial charge in [0.2, 0.25) is 5.91 Å². The standard InChI is InChI=1S/C18H21N3O3/c1-24-15-10-6-5-7-13(15)11-12-20-16(17(22)21-18(19)23)14-8-3-2-4-9-14/h2-10,16,20H,11-12H2,1H3,(H3,19,21,22,23)/t16-/m1/s1. The number of benzene rings is 2. The number of para-hydroxylation sites is 1. The summed E-state index contributed by atoms with van der Waals surface area (Å²) in [6.07, 6.45) is 0.678. The first-order valence-electron chi connectivity index (χ1n) is 7.62. The normalized spacial score (nSPS) is 11.5. The Balaban J connectivity index is 2.06. The average Bonchev–Trinajstić information content (AvgIpc) is 2.59. The van der Waals surface area contributed by atoms with Gasteiger partial charge < -0.3 is 15.8 Å². The molecule has 0 unspecified atom stereocenters. The van der Waals surface area contributed by atoms with Crippen molar-refractivity contribution in [3.05, 3.63) is 65.7 Å². The number of hydrogen-bond donors (Lipinski definition) is 3. The van der Waals surface area contributed by atoms with E-state index in [9.17, 15) is 9.59 Å². The summed E-state index contributed by atoms with van der Waals surface area (Å²) in [5, 5.41) is 5.29. The molecule has 3 amide bonds. The molecule has 24 heavy (non-hydrogen) atoms. The molecule has 0 aliphatic rings. The van der Waals surface area contributed by atoms with Crippen molar-refractivity contribution in [2.45, 2.75) is 12.5 Å². The first kappa shape index (κ1) is 17.5. The van der Waals surface area contributed by atoms with Crippen LogP contribution in [0.1, 0.15) is 17.2 Å². The van der Waals surface area contributed by atoms with Gasteiger partial charge >= 0.3 is 6.03 Å². The molecule has 0 saturated heterocycles. The summed E-state index contributed by atoms with van der Waals surface area (Å²) in [4.78, 5) is 23.2. The Labute approximate surface area is 141 Å². The van der Waals surface area contributed by atoms with E-state index in [4.69, 9.17) is 10.5 Å². The van der Waals surface area contributed by atoms with Gasteiger partial charge in [0.1, 0.15) is 11.8 Å². The van der Waals surface area contributed by atoms with Crippen LogP contribution in [0.4, 0.5) is 4.79 Å². The van der Waals surface area contributed by atoms with Gasteiger partial charge in [0.15, 0.2) is 0 Å². The summed E-state index contributed by atoms with van der Waals surface area (Å²) in [7, 11) is 1.62. The number of nitrogens with one attached hydrogen (secondary N) is 2. The van der Waals surface area contributed by atoms with Crippen molar-refractivity contribution in [3.63, 3.8) is 0 Å². The highest BCUT2D eigenvalue weighted by Crippen LogP contribution is 2.18. The van der Waals surface area contributed by atoms with Crippen LogP contribution in [0.2, 0.25) is 0 Å². The monoisotopic (exact) mass is 327 g/mol. The summed E-state index contributed by atoms with van der Waals surface area (Å²) in [5.41, 5.74) is 6.85. The Morgan fingerprint density at radius 3 is 2.42 bits per heavy atom. The Kier molecular flexibility index (Phi) is 6.33. The molecule has 0 heterocycles. The molecule has 0 radical (unpaired) electrons. The fourth-order valence-corrected chi connectivity index (χ4v) is 2.46. The number of ether oxygens (including phenoxy) is 1. The molecular weight excluding hydrogens is 306 g/mol. The highest BCUT2D eigenvalue weighted by Gasteiger charge is 2.21. The Bertz CT molecular complexity index is 689. The predicted octanol–water partition coefficient (Wildman–Crippen LogP) is 1.76. The molecule has 0 aliphatic heterocycles. The number of primary amides is 1. The quantitative estimate of drug-likeness (QED) is 0.722. The second-order valence-corrected chi connectivity index (χ2v) is 5.21. The van der Waals surface area contributed by atoms with Gasteiger partial charge in [-0.3, -0.25) is 10.1 Å². The molecule has 0 aliphatic carbocycles. The molecule has 0 saturated carbocycles. The van der Waals surface area contributed by atoms with Crippen LogP contribution in [-0.2, 0) is 11.2 Å². The van der Waals surface area contributed by atoms with Crippen LogP contribution in [0.15, 0.2) is 54.6 Å². The van der Waals surface area contributed by atoms with Crippen LogP contribution < -0.4 is 21.1 Å². The summed E-state index contributed by atoms with van der Waals surface area (Å²) in [6.45, 7) is 0.534. The summed E-state index contributed by atoms with van der Waals surface area (Å²) >= 11 is 0. The number of nitrogens with two attached hydrogens (primary N) is 1. The highest BCUT2D eigenvalue weighted by molar-refractivity contribution is 5.96. The van der Waals surface area contributed by atoms with Crippen LogP contribution in [0.3, 0.4) is 0 Å². The summed E-state index contributed by atoms with van der Waals surface area (Å²) in [6, 6.07) is 15.4. The van der Waals surface area contributed by atoms with Crippen LogP contribution in [0.25, 0.3) is 0 Å². The van der Waals surface area contributed by atoms with E-state index in [0.29, 0.717) is 13.0 Å². The molecular formula is C18H21N3O3. The maximum atomic E-state index is 12.2. The molecule has 0 bridgehead atoms. The number of urea groups is 1. The Morgan fingerprint density at radius 2 is 1.75 bits per heavy atom. The maximum Gasteiger partial charge on any atom is 0.318 e. The Hall–Kier alpha value is -2.86. The first-order chi connectivity index (χ1) is 11.6. The molecule has 0 spiro atoms. The van der Waals surface area contributed by atoms with Crippen LogP contribution in [0.5, 0.6) is 5.75 Å². The lowest BCUT2D eigenvalue weighted by atomic mass is 10.1. The van der Waals surface area contributed by atoms with Gasteiger partial charge in [0, 0.05) is 6.54 Å². The van der Waals surface area contributed by atoms with Gasteiger partial charge in [-0.1, -0.05) is 48.5 Å². The predicted molar refractivity (Wildman–Crippen MR) is 91.6 cm³/mol. The van der Waals surface area contributed by atoms with Gasteiger partial charge in [0.25, 0.3) is 0 Å². The van der Waals surface area contributed by atoms with E-state index in [2.05, 4.69) is 10.6 Å². The number of carbonyl (C=O) groups is 2. The van der Waals surface area contributed by atoms with Gasteiger partial charge in [-0.15, -0.1) is 0 Å². The highest BCUT2D eigenvalue weighted by atomic mass is 16.5. The number of amides is 3. The van der Waals surface area contributed by atoms with Gasteiger partial charge in [0.05, 0.1) is 7.11 Å². The topological polar surface area (TPSA) is 93.4 Å². The second kappa shape index (κ2) is 8.69. The average molecular weight is 327 g/mol. The number of carbonyl (C=O) groups excluding carboxylic acids is 2. The first-order valence-corrected chi connectivity index (χ1v) is 7.62. The minimum atomic E-state index is -0.868. The largest absolute Gasteiger partial charge is 0.496 e. The van der Waals surface area contributed by atoms with E-state index in [0.717, 1.165) is 16.9 Å². The number of imide groups is 1. The van der Waals surface area contributed by atoms with E-state index in [1.54, 1.807) is 7.11 Å². The van der Waals surface area contributed by atoms with Crippen molar-refractivity contribution in [3.8, 4) is 5.75 Å². The van der Waals surface area contributed by atoms with Gasteiger partial charge in [-0.2, -0.15) is 0 Å².